The van der Waals surface area contributed by atoms with Crippen LogP contribution < -0.4 is 5.32 Å². The van der Waals surface area contributed by atoms with Crippen molar-refractivity contribution >= 4 is 11.9 Å². The second kappa shape index (κ2) is 7.24. The van der Waals surface area contributed by atoms with Crippen molar-refractivity contribution in [3.8, 4) is 0 Å². The van der Waals surface area contributed by atoms with Crippen LogP contribution in [0, 0.1) is 0 Å². The zero-order valence-electron chi connectivity index (χ0n) is 12.5. The molecule has 2 rings (SSSR count). The van der Waals surface area contributed by atoms with Gasteiger partial charge in [-0.05, 0) is 16.7 Å². The summed E-state index contributed by atoms with van der Waals surface area (Å²) in [7, 11) is 0. The minimum absolute atomic E-state index is 0.0221. The second-order valence-electron chi connectivity index (χ2n) is 4.76. The van der Waals surface area contributed by atoms with Crippen LogP contribution in [0.25, 0.3) is 1.43 Å². The molecule has 2 aromatic rings. The maximum atomic E-state index is 11.9. The van der Waals surface area contributed by atoms with Gasteiger partial charge < -0.3 is 10.4 Å². The smallest absolute Gasteiger partial charge is 0.307 e. The first-order valence-corrected chi connectivity index (χ1v) is 6.72. The molecule has 0 aromatic heterocycles. The van der Waals surface area contributed by atoms with Crippen molar-refractivity contribution in [3.63, 3.8) is 0 Å². The molecule has 108 valence electrons. The maximum Gasteiger partial charge on any atom is 0.307 e. The van der Waals surface area contributed by atoms with Crippen molar-refractivity contribution < 1.29 is 14.7 Å². The van der Waals surface area contributed by atoms with E-state index >= 15 is 0 Å². The number of benzene rings is 2. The van der Waals surface area contributed by atoms with Crippen molar-refractivity contribution in [2.75, 3.05) is 0 Å². The fraction of sp³-hybridized carbons (Fsp3) is 0.176. The lowest BCUT2D eigenvalue weighted by Crippen LogP contribution is -2.25. The molecule has 0 bridgehead atoms. The number of carboxylic acids is 1. The van der Waals surface area contributed by atoms with Gasteiger partial charge in [0.2, 0.25) is 5.91 Å². The Balaban J connectivity index is 1.93. The first kappa shape index (κ1) is 13.4. The Morgan fingerprint density at radius 2 is 1.62 bits per heavy atom. The van der Waals surface area contributed by atoms with E-state index in [-0.39, 0.29) is 12.3 Å². The van der Waals surface area contributed by atoms with Crippen molar-refractivity contribution in [3.05, 3.63) is 71.3 Å². The van der Waals surface area contributed by atoms with E-state index < -0.39 is 5.97 Å². The van der Waals surface area contributed by atoms with Gasteiger partial charge in [0.05, 0.1) is 12.8 Å². The predicted molar refractivity (Wildman–Crippen MR) is 79.8 cm³/mol. The summed E-state index contributed by atoms with van der Waals surface area (Å²) >= 11 is 0. The average molecular weight is 284 g/mol. The Kier molecular flexibility index (Phi) is 4.61. The summed E-state index contributed by atoms with van der Waals surface area (Å²) < 4.78 is 6.60. The molecule has 21 heavy (non-hydrogen) atoms. The third kappa shape index (κ3) is 4.76. The summed E-state index contributed by atoms with van der Waals surface area (Å²) in [4.78, 5) is 23.2. The Morgan fingerprint density at radius 1 is 0.952 bits per heavy atom. The number of aliphatic carboxylic acids is 1. The molecule has 0 saturated heterocycles. The lowest BCUT2D eigenvalue weighted by atomic mass is 10.0. The number of carbonyl (C=O) groups excluding carboxylic acids is 1. The minimum Gasteiger partial charge on any atom is -0.481 e. The molecule has 0 saturated carbocycles. The van der Waals surface area contributed by atoms with Crippen LogP contribution in [0.4, 0.5) is 0 Å². The van der Waals surface area contributed by atoms with Crippen LogP contribution in [0.3, 0.4) is 0 Å². The normalized spacial score (nSPS) is 10.6. The molecule has 0 unspecified atom stereocenters. The monoisotopic (exact) mass is 284 g/mol. The molecule has 4 heteroatoms. The minimum atomic E-state index is -0.622. The summed E-state index contributed by atoms with van der Waals surface area (Å²) in [5.41, 5.74) is 2.54. The van der Waals surface area contributed by atoms with Gasteiger partial charge in [0, 0.05) is 6.54 Å². The first-order chi connectivity index (χ1) is 10.7. The first-order valence-electron chi connectivity index (χ1n) is 7.13. The standard InChI is InChI=1S/C17H17NO3/c19-16(10-13-6-2-1-3-7-13)18-12-15-9-5-4-8-14(15)11-17(20)21/h1-9H,10-12H2,(H,18,19)(H,20,21)/i/hD. The zero-order chi connectivity index (χ0) is 15.8. The summed E-state index contributed by atoms with van der Waals surface area (Å²) in [5, 5.41) is 6.78. The third-order valence-corrected chi connectivity index (χ3v) is 3.14. The molecule has 2 N–H and O–H groups in total. The molecule has 0 aliphatic heterocycles. The molecule has 0 heterocycles. The lowest BCUT2D eigenvalue weighted by molar-refractivity contribution is -0.136. The fourth-order valence-electron chi connectivity index (χ4n) is 2.10. The highest BCUT2D eigenvalue weighted by Gasteiger charge is 2.08. The van der Waals surface area contributed by atoms with E-state index in [1.807, 2.05) is 48.5 Å². The van der Waals surface area contributed by atoms with Gasteiger partial charge in [-0.2, -0.15) is 0 Å². The average Bonchev–Trinajstić information content (AvgIpc) is 2.55. The highest BCUT2D eigenvalue weighted by atomic mass is 16.4. The molecule has 0 spiro atoms. The van der Waals surface area contributed by atoms with E-state index in [0.717, 1.165) is 16.7 Å². The van der Waals surface area contributed by atoms with Gasteiger partial charge in [0.25, 0.3) is 1.43 Å². The van der Waals surface area contributed by atoms with E-state index in [2.05, 4.69) is 10.4 Å². The highest BCUT2D eigenvalue weighted by Crippen LogP contribution is 2.09. The Labute approximate surface area is 124 Å². The van der Waals surface area contributed by atoms with Crippen LogP contribution in [0.1, 0.15) is 16.7 Å². The van der Waals surface area contributed by atoms with Crippen molar-refractivity contribution in [2.45, 2.75) is 19.4 Å². The predicted octanol–water partition coefficient (Wildman–Crippen LogP) is 2.17. The van der Waals surface area contributed by atoms with E-state index in [1.165, 1.54) is 0 Å². The molecule has 0 atom stereocenters. The number of hydrogen-bond donors (Lipinski definition) is 2. The van der Waals surface area contributed by atoms with Crippen LogP contribution in [-0.4, -0.2) is 17.0 Å². The molecule has 0 aliphatic rings. The molecule has 1 amide bonds. The van der Waals surface area contributed by atoms with Crippen LogP contribution in [-0.2, 0) is 29.0 Å². The highest BCUT2D eigenvalue weighted by molar-refractivity contribution is 5.78. The molecule has 0 fully saturated rings. The van der Waals surface area contributed by atoms with E-state index in [9.17, 15) is 9.59 Å². The molecular weight excluding hydrogens is 266 g/mol. The quantitative estimate of drug-likeness (QED) is 0.854. The topological polar surface area (TPSA) is 66.4 Å². The van der Waals surface area contributed by atoms with Gasteiger partial charge in [0.1, 0.15) is 0 Å². The Morgan fingerprint density at radius 3 is 2.33 bits per heavy atom. The SMILES string of the molecule is [2H]OC(=O)Cc1ccccc1CNC(=O)Cc1ccccc1. The molecular formula is C17H17NO3. The number of amides is 1. The summed E-state index contributed by atoms with van der Waals surface area (Å²) in [5.74, 6) is -0.702. The number of nitrogens with one attached hydrogen (secondary N) is 1. The molecule has 4 nitrogen and oxygen atoms in total. The Hall–Kier alpha value is -2.62. The van der Waals surface area contributed by atoms with Crippen LogP contribution in [0.15, 0.2) is 54.6 Å². The summed E-state index contributed by atoms with van der Waals surface area (Å²) in [6, 6.07) is 16.8. The van der Waals surface area contributed by atoms with Crippen molar-refractivity contribution in [1.82, 2.24) is 5.32 Å². The summed E-state index contributed by atoms with van der Waals surface area (Å²) in [6.45, 7) is 0.340. The van der Waals surface area contributed by atoms with E-state index in [1.54, 1.807) is 6.07 Å². The van der Waals surface area contributed by atoms with Crippen LogP contribution >= 0.6 is 0 Å². The van der Waals surface area contributed by atoms with Gasteiger partial charge in [-0.1, -0.05) is 54.6 Å². The van der Waals surface area contributed by atoms with Gasteiger partial charge in [0.15, 0.2) is 0 Å². The third-order valence-electron chi connectivity index (χ3n) is 3.14. The van der Waals surface area contributed by atoms with Gasteiger partial charge in [-0.15, -0.1) is 0 Å². The van der Waals surface area contributed by atoms with Gasteiger partial charge >= 0.3 is 5.97 Å². The largest absolute Gasteiger partial charge is 0.481 e. The fourth-order valence-corrected chi connectivity index (χ4v) is 2.10. The van der Waals surface area contributed by atoms with Crippen LogP contribution in [0.2, 0.25) is 0 Å². The maximum absolute atomic E-state index is 11.9. The summed E-state index contributed by atoms with van der Waals surface area (Å²) in [6.07, 6.45) is 0.339. The van der Waals surface area contributed by atoms with E-state index in [4.69, 9.17) is 1.43 Å². The Bertz CT molecular complexity index is 643. The lowest BCUT2D eigenvalue weighted by Gasteiger charge is -2.09. The molecule has 2 aromatic carbocycles. The number of rotatable bonds is 6. The second-order valence-corrected chi connectivity index (χ2v) is 4.76. The van der Waals surface area contributed by atoms with E-state index in [0.29, 0.717) is 13.0 Å². The van der Waals surface area contributed by atoms with Crippen molar-refractivity contribution in [1.29, 1.82) is 1.43 Å². The zero-order valence-corrected chi connectivity index (χ0v) is 11.5. The van der Waals surface area contributed by atoms with Crippen LogP contribution in [0.5, 0.6) is 0 Å². The van der Waals surface area contributed by atoms with Gasteiger partial charge in [-0.3, -0.25) is 9.59 Å². The van der Waals surface area contributed by atoms with Crippen molar-refractivity contribution in [2.24, 2.45) is 0 Å². The number of carboxylic acid groups (broad SMARTS) is 1. The van der Waals surface area contributed by atoms with Gasteiger partial charge in [-0.25, -0.2) is 0 Å². The molecule has 0 radical (unpaired) electrons. The number of hydrogen-bond acceptors (Lipinski definition) is 3. The molecule has 0 aliphatic carbocycles. The number of carbonyl (C=O) groups is 2.